The summed E-state index contributed by atoms with van der Waals surface area (Å²) in [6.45, 7) is 0. The summed E-state index contributed by atoms with van der Waals surface area (Å²) in [6.07, 6.45) is -19.1. The summed E-state index contributed by atoms with van der Waals surface area (Å²) in [5.74, 6) is 0. The molecule has 0 aromatic rings. The van der Waals surface area contributed by atoms with Gasteiger partial charge in [-0.05, 0) is 0 Å². The number of hydrogen-bond donors (Lipinski definition) is 11. The van der Waals surface area contributed by atoms with E-state index >= 15 is 0 Å². The maximum absolute atomic E-state index is 11.4. The first-order chi connectivity index (χ1) is 15.6. The van der Waals surface area contributed by atoms with Crippen molar-refractivity contribution in [3.8, 4) is 0 Å². The summed E-state index contributed by atoms with van der Waals surface area (Å²) in [7, 11) is -36.4. The van der Waals surface area contributed by atoms with Gasteiger partial charge in [-0.15, -0.1) is 0 Å². The summed E-state index contributed by atoms with van der Waals surface area (Å²) in [6, 6.07) is 0. The Labute approximate surface area is 225 Å². The zero-order chi connectivity index (χ0) is 28.7. The summed E-state index contributed by atoms with van der Waals surface area (Å²) < 4.78 is 92.7. The van der Waals surface area contributed by atoms with E-state index in [1.165, 1.54) is 0 Å². The molecule has 11 N–H and O–H groups in total. The van der Waals surface area contributed by atoms with Crippen LogP contribution in [0.15, 0.2) is 0 Å². The second-order valence-electron chi connectivity index (χ2n) is 6.34. The van der Waals surface area contributed by atoms with E-state index in [1.807, 2.05) is 0 Å². The minimum Gasteiger partial charge on any atom is -0.756 e. The van der Waals surface area contributed by atoms with Gasteiger partial charge in [0.2, 0.25) is 0 Å². The first-order valence-electron chi connectivity index (χ1n) is 7.99. The zero-order valence-electron chi connectivity index (χ0n) is 17.4. The fourth-order valence-corrected chi connectivity index (χ4v) is 6.12. The fraction of sp³-hybridized carbons (Fsp3) is 1.00. The molecule has 0 aromatic heterocycles. The Bertz CT molecular complexity index is 824. The van der Waals surface area contributed by atoms with Gasteiger partial charge in [-0.1, -0.05) is 0 Å². The second kappa shape index (κ2) is 13.3. The van der Waals surface area contributed by atoms with Crippen molar-refractivity contribution in [1.82, 2.24) is 0 Å². The van der Waals surface area contributed by atoms with E-state index in [9.17, 15) is 32.3 Å². The van der Waals surface area contributed by atoms with Gasteiger partial charge in [0.1, 0.15) is 36.6 Å². The minimum atomic E-state index is -6.27. The first kappa shape index (κ1) is 38.7. The molecule has 0 heterocycles. The molecule has 1 saturated carbocycles. The van der Waals surface area contributed by atoms with Gasteiger partial charge in [0.25, 0.3) is 7.82 Å². The molecule has 3 unspecified atom stereocenters. The van der Waals surface area contributed by atoms with Crippen molar-refractivity contribution in [2.75, 3.05) is 0 Å². The van der Waals surface area contributed by atoms with Crippen LogP contribution in [0.1, 0.15) is 0 Å². The minimum absolute atomic E-state index is 0. The summed E-state index contributed by atoms with van der Waals surface area (Å²) in [4.78, 5) is 112. The Hall–Kier alpha value is 1.66. The van der Waals surface area contributed by atoms with E-state index in [0.29, 0.717) is 0 Å². The second-order valence-corrected chi connectivity index (χ2v) is 13.4. The third kappa shape index (κ3) is 15.5. The predicted molar refractivity (Wildman–Crippen MR) is 99.3 cm³/mol. The standard InChI is InChI=1S/C6H18O24P6.Na/c7-31(8,9)25-1-2(26-32(10,11)12)4(28-34(16,17)18)6(30-36(22,23)24)5(29-35(19,20)21)3(1)27-33(13,14)15;/h1-6H,(H2,7,8,9)(H2,10,11,12)(H2,13,14,15)(H2,16,17,18)(H2,19,20,21)(H2,22,23,24);/q;+1/p-1/t1-,2+,3?,4?,5-,6+;. The van der Waals surface area contributed by atoms with Gasteiger partial charge in [0.05, 0.1) is 0 Å². The van der Waals surface area contributed by atoms with Crippen molar-refractivity contribution >= 4 is 46.9 Å². The Morgan fingerprint density at radius 2 is 0.514 bits per heavy atom. The Morgan fingerprint density at radius 1 is 0.378 bits per heavy atom. The van der Waals surface area contributed by atoms with Crippen LogP contribution in [0.4, 0.5) is 0 Å². The van der Waals surface area contributed by atoms with Crippen LogP contribution in [0, 0.1) is 0 Å². The summed E-state index contributed by atoms with van der Waals surface area (Å²) in [5, 5.41) is 0. The van der Waals surface area contributed by atoms with Crippen LogP contribution in [0.25, 0.3) is 0 Å². The van der Waals surface area contributed by atoms with Crippen molar-refractivity contribution < 1.29 is 143 Å². The maximum Gasteiger partial charge on any atom is 1.00 e. The van der Waals surface area contributed by atoms with Crippen LogP contribution in [0.5, 0.6) is 0 Å². The SMILES string of the molecule is O=P([O-])(O)OC1[C@@H](OP(=O)(O)O)[C@@H](OP(=O)(O)O)C(OP(=O)(O)O)[C@@H](OP(=O)(O)O)[C@H]1OP(=O)(O)O.[Na+]. The van der Waals surface area contributed by atoms with E-state index in [1.54, 1.807) is 0 Å². The molecule has 0 amide bonds. The van der Waals surface area contributed by atoms with Crippen molar-refractivity contribution in [2.45, 2.75) is 36.6 Å². The van der Waals surface area contributed by atoms with Gasteiger partial charge >= 0.3 is 68.7 Å². The van der Waals surface area contributed by atoms with Crippen LogP contribution < -0.4 is 34.5 Å². The number of phosphoric acid groups is 6. The fourth-order valence-electron chi connectivity index (χ4n) is 2.79. The van der Waals surface area contributed by atoms with Crippen LogP contribution in [0.2, 0.25) is 0 Å². The van der Waals surface area contributed by atoms with E-state index in [4.69, 9.17) is 53.8 Å². The molecular formula is C6H17NaO24P6. The van der Waals surface area contributed by atoms with Gasteiger partial charge < -0.3 is 63.2 Å². The molecule has 31 heteroatoms. The largest absolute Gasteiger partial charge is 1.00 e. The summed E-state index contributed by atoms with van der Waals surface area (Å²) in [5.41, 5.74) is 0. The Morgan fingerprint density at radius 3 is 0.622 bits per heavy atom. The molecule has 1 aliphatic carbocycles. The third-order valence-corrected chi connectivity index (χ3v) is 6.59. The Balaban J connectivity index is 0.0000130. The molecule has 0 aromatic carbocycles. The van der Waals surface area contributed by atoms with Crippen LogP contribution in [-0.4, -0.2) is 90.5 Å². The van der Waals surface area contributed by atoms with Gasteiger partial charge in [0.15, 0.2) is 0 Å². The molecule has 7 atom stereocenters. The average molecular weight is 682 g/mol. The van der Waals surface area contributed by atoms with Crippen LogP contribution in [-0.2, 0) is 54.5 Å². The van der Waals surface area contributed by atoms with E-state index in [0.717, 1.165) is 0 Å². The van der Waals surface area contributed by atoms with Gasteiger partial charge in [0, 0.05) is 0 Å². The monoisotopic (exact) mass is 682 g/mol. The predicted octanol–water partition coefficient (Wildman–Crippen LogP) is -6.76. The van der Waals surface area contributed by atoms with Gasteiger partial charge in [-0.3, -0.25) is 27.2 Å². The van der Waals surface area contributed by atoms with Crippen molar-refractivity contribution in [3.63, 3.8) is 0 Å². The molecule has 1 aliphatic rings. The molecule has 0 spiro atoms. The molecule has 216 valence electrons. The third-order valence-electron chi connectivity index (χ3n) is 3.49. The normalized spacial score (nSPS) is 29.8. The maximum atomic E-state index is 11.4. The quantitative estimate of drug-likeness (QED) is 0.0673. The molecule has 0 saturated heterocycles. The molecule has 1 fully saturated rings. The number of phosphoric ester groups is 6. The Kier molecular flexibility index (Phi) is 13.9. The molecule has 1 rings (SSSR count). The molecule has 24 nitrogen and oxygen atoms in total. The molecule has 0 radical (unpaired) electrons. The number of hydrogen-bond acceptors (Lipinski definition) is 13. The zero-order valence-corrected chi connectivity index (χ0v) is 24.7. The van der Waals surface area contributed by atoms with Crippen LogP contribution >= 0.6 is 46.9 Å². The van der Waals surface area contributed by atoms with E-state index < -0.39 is 83.6 Å². The molecule has 0 bridgehead atoms. The van der Waals surface area contributed by atoms with Gasteiger partial charge in [-0.2, -0.15) is 0 Å². The smallest absolute Gasteiger partial charge is 0.756 e. The topological polar surface area (TPSA) is 403 Å². The first-order valence-corrected chi connectivity index (χ1v) is 17.1. The molecule has 37 heavy (non-hydrogen) atoms. The van der Waals surface area contributed by atoms with Crippen molar-refractivity contribution in [3.05, 3.63) is 0 Å². The van der Waals surface area contributed by atoms with Gasteiger partial charge in [-0.25, -0.2) is 22.8 Å². The van der Waals surface area contributed by atoms with Crippen LogP contribution in [0.3, 0.4) is 0 Å². The molecular weight excluding hydrogens is 665 g/mol. The van der Waals surface area contributed by atoms with E-state index in [2.05, 4.69) is 27.1 Å². The molecule has 0 aliphatic heterocycles. The average Bonchev–Trinajstić information content (AvgIpc) is 2.51. The summed E-state index contributed by atoms with van der Waals surface area (Å²) >= 11 is 0. The van der Waals surface area contributed by atoms with E-state index in [-0.39, 0.29) is 29.6 Å². The number of rotatable bonds is 12. The van der Waals surface area contributed by atoms with Crippen molar-refractivity contribution in [1.29, 1.82) is 0 Å². The van der Waals surface area contributed by atoms with Crippen molar-refractivity contribution in [2.24, 2.45) is 0 Å².